The molecule has 38 heavy (non-hydrogen) atoms. The molecule has 4 rings (SSSR count). The summed E-state index contributed by atoms with van der Waals surface area (Å²) in [4.78, 5) is 36.2. The first-order chi connectivity index (χ1) is 18.1. The quantitative estimate of drug-likeness (QED) is 0.294. The van der Waals surface area contributed by atoms with Crippen molar-refractivity contribution in [2.75, 3.05) is 19.3 Å². The van der Waals surface area contributed by atoms with Crippen LogP contribution >= 0.6 is 0 Å². The van der Waals surface area contributed by atoms with E-state index in [0.29, 0.717) is 28.4 Å². The third-order valence-electron chi connectivity index (χ3n) is 5.74. The number of nitriles is 1. The lowest BCUT2D eigenvalue weighted by atomic mass is 9.93. The highest BCUT2D eigenvalue weighted by molar-refractivity contribution is 5.97. The number of nitrogens with two attached hydrogens (primary N) is 1. The maximum Gasteiger partial charge on any atom is 0.335 e. The third-order valence-corrected chi connectivity index (χ3v) is 5.74. The largest absolute Gasteiger partial charge is 0.457 e. The number of nitrogen functional groups attached to an aromatic ring is 1. The lowest BCUT2D eigenvalue weighted by molar-refractivity contribution is -0.125. The highest BCUT2D eigenvalue weighted by atomic mass is 16.5. The van der Waals surface area contributed by atoms with E-state index in [0.717, 1.165) is 0 Å². The number of anilines is 1. The number of aromatic nitrogens is 4. The van der Waals surface area contributed by atoms with Crippen molar-refractivity contribution in [3.05, 3.63) is 83.1 Å². The summed E-state index contributed by atoms with van der Waals surface area (Å²) in [7, 11) is 1.59. The molecule has 0 unspecified atom stereocenters. The number of para-hydroxylation sites is 1. The second-order valence-corrected chi connectivity index (χ2v) is 9.87. The number of likely N-dealkylation sites (N-methyl/N-ethyl adjacent to an activating group) is 1. The average molecular weight is 512 g/mol. The van der Waals surface area contributed by atoms with Crippen LogP contribution in [0.5, 0.6) is 11.5 Å². The Labute approximate surface area is 220 Å². The van der Waals surface area contributed by atoms with E-state index in [2.05, 4.69) is 9.97 Å². The molecular formula is C28H29N7O3. The number of carbonyl (C=O) groups excluding carboxylic acids is 1. The summed E-state index contributed by atoms with van der Waals surface area (Å²) in [5.74, 6) is 1.04. The molecular weight excluding hydrogens is 482 g/mol. The van der Waals surface area contributed by atoms with E-state index in [9.17, 15) is 14.9 Å². The van der Waals surface area contributed by atoms with Crippen LogP contribution in [0.3, 0.4) is 0 Å². The molecule has 194 valence electrons. The van der Waals surface area contributed by atoms with Gasteiger partial charge in [-0.15, -0.1) is 0 Å². The summed E-state index contributed by atoms with van der Waals surface area (Å²) in [5, 5.41) is 9.48. The Balaban J connectivity index is 1.64. The van der Waals surface area contributed by atoms with Crippen LogP contribution in [-0.4, -0.2) is 43.5 Å². The average Bonchev–Trinajstić information content (AvgIpc) is 3.18. The van der Waals surface area contributed by atoms with Crippen molar-refractivity contribution in [1.29, 1.82) is 5.26 Å². The molecule has 0 bridgehead atoms. The van der Waals surface area contributed by atoms with Gasteiger partial charge in [-0.1, -0.05) is 45.0 Å². The zero-order valence-electron chi connectivity index (χ0n) is 21.8. The predicted molar refractivity (Wildman–Crippen MR) is 145 cm³/mol. The van der Waals surface area contributed by atoms with Gasteiger partial charge in [0.1, 0.15) is 35.0 Å². The number of imidazole rings is 1. The summed E-state index contributed by atoms with van der Waals surface area (Å²) >= 11 is 0. The standard InChI is InChI=1S/C28H29N7O3/c1-28(2,3)16-19(17-29)26(36)33(4)14-15-34-25-23(24(30)31-18-32-25)35(27(34)37)20-10-12-22(13-11-20)38-21-8-6-5-7-9-21/h5-13,16,18H,14-15H2,1-4H3,(H2,30,31,32). The van der Waals surface area contributed by atoms with Crippen molar-refractivity contribution in [1.82, 2.24) is 24.0 Å². The third kappa shape index (κ3) is 5.57. The number of hydrogen-bond donors (Lipinski definition) is 1. The first-order valence-corrected chi connectivity index (χ1v) is 12.0. The Bertz CT molecular complexity index is 1590. The van der Waals surface area contributed by atoms with Gasteiger partial charge in [0.15, 0.2) is 11.5 Å². The summed E-state index contributed by atoms with van der Waals surface area (Å²) < 4.78 is 8.75. The maximum atomic E-state index is 13.6. The number of nitrogens with zero attached hydrogens (tertiary/aromatic N) is 6. The number of allylic oxidation sites excluding steroid dienone is 1. The van der Waals surface area contributed by atoms with Crippen molar-refractivity contribution >= 4 is 22.9 Å². The Kier molecular flexibility index (Phi) is 7.30. The van der Waals surface area contributed by atoms with E-state index in [1.54, 1.807) is 37.4 Å². The molecule has 0 aliphatic heterocycles. The number of amides is 1. The lowest BCUT2D eigenvalue weighted by Crippen LogP contribution is -2.34. The predicted octanol–water partition coefficient (Wildman–Crippen LogP) is 3.91. The maximum absolute atomic E-state index is 13.6. The molecule has 0 radical (unpaired) electrons. The van der Waals surface area contributed by atoms with E-state index < -0.39 is 5.91 Å². The summed E-state index contributed by atoms with van der Waals surface area (Å²) in [6.07, 6.45) is 2.94. The molecule has 4 aromatic rings. The highest BCUT2D eigenvalue weighted by Gasteiger charge is 2.22. The molecule has 10 heteroatoms. The zero-order valence-corrected chi connectivity index (χ0v) is 21.8. The molecule has 2 aromatic heterocycles. The van der Waals surface area contributed by atoms with E-state index in [1.165, 1.54) is 20.4 Å². The Hall–Kier alpha value is -4.91. The number of rotatable bonds is 7. The van der Waals surface area contributed by atoms with Crippen LogP contribution in [0.25, 0.3) is 16.9 Å². The highest BCUT2D eigenvalue weighted by Crippen LogP contribution is 2.25. The number of benzene rings is 2. The van der Waals surface area contributed by atoms with E-state index in [1.807, 2.05) is 57.2 Å². The fourth-order valence-electron chi connectivity index (χ4n) is 3.96. The fraction of sp³-hybridized carbons (Fsp3) is 0.250. The van der Waals surface area contributed by atoms with Crippen LogP contribution in [0.15, 0.2) is 77.4 Å². The lowest BCUT2D eigenvalue weighted by Gasteiger charge is -2.19. The van der Waals surface area contributed by atoms with Gasteiger partial charge >= 0.3 is 5.69 Å². The van der Waals surface area contributed by atoms with Crippen LogP contribution < -0.4 is 16.2 Å². The number of hydrogen-bond acceptors (Lipinski definition) is 7. The Morgan fingerprint density at radius 3 is 2.39 bits per heavy atom. The molecule has 0 saturated carbocycles. The van der Waals surface area contributed by atoms with Crippen LogP contribution in [0, 0.1) is 16.7 Å². The first-order valence-electron chi connectivity index (χ1n) is 12.0. The van der Waals surface area contributed by atoms with Crippen molar-refractivity contribution < 1.29 is 9.53 Å². The van der Waals surface area contributed by atoms with Gasteiger partial charge in [0.25, 0.3) is 5.91 Å². The SMILES string of the molecule is CN(CCn1c(=O)n(-c2ccc(Oc3ccccc3)cc2)c2c(N)ncnc21)C(=O)C(C#N)=CC(C)(C)C. The second-order valence-electron chi connectivity index (χ2n) is 9.87. The molecule has 2 N–H and O–H groups in total. The zero-order chi connectivity index (χ0) is 27.4. The smallest absolute Gasteiger partial charge is 0.335 e. The van der Waals surface area contributed by atoms with Gasteiger partial charge in [-0.3, -0.25) is 13.9 Å². The van der Waals surface area contributed by atoms with Gasteiger partial charge in [-0.25, -0.2) is 14.8 Å². The topological polar surface area (TPSA) is 132 Å². The van der Waals surface area contributed by atoms with Crippen molar-refractivity contribution in [2.45, 2.75) is 27.3 Å². The van der Waals surface area contributed by atoms with Crippen LogP contribution in [-0.2, 0) is 11.3 Å². The van der Waals surface area contributed by atoms with Crippen LogP contribution in [0.4, 0.5) is 5.82 Å². The van der Waals surface area contributed by atoms with Gasteiger partial charge in [0.2, 0.25) is 0 Å². The van der Waals surface area contributed by atoms with Gasteiger partial charge in [0.05, 0.1) is 5.69 Å². The minimum atomic E-state index is -0.414. The molecule has 0 aliphatic carbocycles. The molecule has 10 nitrogen and oxygen atoms in total. The molecule has 0 spiro atoms. The minimum absolute atomic E-state index is 0.0548. The number of fused-ring (bicyclic) bond motifs is 1. The second kappa shape index (κ2) is 10.6. The van der Waals surface area contributed by atoms with Crippen molar-refractivity contribution in [3.63, 3.8) is 0 Å². The Morgan fingerprint density at radius 1 is 1.11 bits per heavy atom. The molecule has 1 amide bonds. The fourth-order valence-corrected chi connectivity index (χ4v) is 3.96. The normalized spacial score (nSPS) is 11.8. The van der Waals surface area contributed by atoms with Gasteiger partial charge in [0, 0.05) is 20.1 Å². The minimum Gasteiger partial charge on any atom is -0.457 e. The Morgan fingerprint density at radius 2 is 1.76 bits per heavy atom. The monoisotopic (exact) mass is 511 g/mol. The molecule has 0 atom stereocenters. The van der Waals surface area contributed by atoms with Crippen molar-refractivity contribution in [3.8, 4) is 23.3 Å². The summed E-state index contributed by atoms with van der Waals surface area (Å²) in [5.41, 5.74) is 6.79. The van der Waals surface area contributed by atoms with Crippen molar-refractivity contribution in [2.24, 2.45) is 5.41 Å². The molecule has 0 saturated heterocycles. The van der Waals surface area contributed by atoms with Gasteiger partial charge < -0.3 is 15.4 Å². The molecule has 0 fully saturated rings. The van der Waals surface area contributed by atoms with Crippen LogP contribution in [0.2, 0.25) is 0 Å². The molecule has 2 aromatic carbocycles. The van der Waals surface area contributed by atoms with E-state index in [-0.39, 0.29) is 35.6 Å². The number of ether oxygens (including phenoxy) is 1. The summed E-state index contributed by atoms with van der Waals surface area (Å²) in [6, 6.07) is 18.4. The number of carbonyl (C=O) groups is 1. The van der Waals surface area contributed by atoms with Gasteiger partial charge in [-0.2, -0.15) is 5.26 Å². The van der Waals surface area contributed by atoms with Gasteiger partial charge in [-0.05, 0) is 41.8 Å². The summed E-state index contributed by atoms with van der Waals surface area (Å²) in [6.45, 7) is 6.06. The van der Waals surface area contributed by atoms with E-state index in [4.69, 9.17) is 10.5 Å². The molecule has 2 heterocycles. The molecule has 0 aliphatic rings. The van der Waals surface area contributed by atoms with E-state index >= 15 is 0 Å². The van der Waals surface area contributed by atoms with Crippen LogP contribution in [0.1, 0.15) is 20.8 Å². The first kappa shape index (κ1) is 26.2.